The third kappa shape index (κ3) is 91.8. The smallest absolute Gasteiger partial charge is 0.361 e. The molecule has 3 aromatic rings. The molecule has 4 saturated heterocycles. The maximum Gasteiger partial charge on any atom is 0.361 e. The molecule has 770 valence electrons. The maximum atomic E-state index is 10.8. The lowest BCUT2D eigenvalue weighted by Crippen LogP contribution is -2.53. The number of nitrogens with zero attached hydrogens (tertiary/aromatic N) is 9. The first-order chi connectivity index (χ1) is 59.7. The number of amides is 1. The Kier molecular flexibility index (Phi) is 85.8. The van der Waals surface area contributed by atoms with Gasteiger partial charge in [0.25, 0.3) is 0 Å². The standard InChI is InChI=1S/C9H17NO2.C8H16N2O.C8H14N2.C8H17NO2.2C7H15NO3.C7H17NO.C6H13N5O.C6H13NO3.C6H13NO.C6H13N.C5H11N5.C5H13NO.CH4/c1-7(2)10-6-4-3-5-8(10)9(11)12;1-6(2)9-5-7-3-4-8(11)10-7;1-7(2)10-6-8-4-3-5-9-8;1-6(2)9-5-8(3,4)7(10)11;2*1-5(2)8-4-6(9)3-7(10)11;1-6(2)8-5-7(3,4)9;1-5(2)7-3-4-11-6(12)8-9-10-11;1-4(2)7-5(3-8)6(9)10;1-5(2)7-3-6(8)4-7;1-6(2)7-4-3-5-7;1-4(2)6-3-5-7-9-10-8-5;1-5(2)6-3-4-7;/h7-8H,3-6H2,1-2H3,(H,11,12);6-7,9H,3-5H2,1-2H3,(H,10,11);3-5,7,9-10H,6H2,1-2H3;6,9H,5H2,1-4H3,(H,10,11);2*5-6,8-9H,3-4H2,1-2H3,(H,10,11);6,8-9H,5H2,1-4H3;5,7H,3-4H2,1-2H3,(H,8,10,12);4-5,7-8H,3H2,1-2H3,(H,9,10);5-6,8H,3-4H2,1-2H3;6H,3-5H2,1-2H3;4,6H,3H2,1-2H3,(H,7,8,9,10);5-7H,3-4H2,1-2H3;1H4/t;;;;;;;;5-;;;;;/m........0...../s1. The zero-order valence-electron chi connectivity index (χ0n) is 84.7. The average Bonchev–Trinajstić information content (AvgIpc) is 1.48. The Morgan fingerprint density at radius 1 is 0.554 bits per heavy atom. The number of carbonyl (C=O) groups excluding carboxylic acids is 1. The van der Waals surface area contributed by atoms with E-state index < -0.39 is 59.1 Å². The van der Waals surface area contributed by atoms with Gasteiger partial charge in [0.1, 0.15) is 12.1 Å². The van der Waals surface area contributed by atoms with Crippen LogP contribution in [0.15, 0.2) is 23.1 Å². The predicted octanol–water partition coefficient (Wildman–Crippen LogP) is 4.48. The predicted molar refractivity (Wildman–Crippen MR) is 519 cm³/mol. The first kappa shape index (κ1) is 136. The number of hydrogen-bond acceptors (Lipinski definition) is 31. The summed E-state index contributed by atoms with van der Waals surface area (Å²) in [7, 11) is 0. The third-order valence-corrected chi connectivity index (χ3v) is 17.9. The number of β-amino-alcohol motifs (C(OH)–C–C–N with tert-alkyl or cyclic N) is 1. The van der Waals surface area contributed by atoms with Crippen LogP contribution in [0.25, 0.3) is 0 Å². The van der Waals surface area contributed by atoms with Crippen LogP contribution in [0, 0.1) is 5.41 Å². The zero-order chi connectivity index (χ0) is 101. The highest BCUT2D eigenvalue weighted by molar-refractivity contribution is 5.78. The number of H-pyrrole nitrogens is 3. The molecule has 1 amide bonds. The van der Waals surface area contributed by atoms with E-state index in [9.17, 15) is 38.7 Å². The van der Waals surface area contributed by atoms with Gasteiger partial charge in [-0.15, -0.1) is 10.2 Å². The van der Waals surface area contributed by atoms with Gasteiger partial charge in [-0.3, -0.25) is 38.6 Å². The summed E-state index contributed by atoms with van der Waals surface area (Å²) >= 11 is 0. The van der Waals surface area contributed by atoms with Gasteiger partial charge in [0.2, 0.25) is 5.91 Å². The number of aromatic amines is 3. The lowest BCUT2D eigenvalue weighted by atomic mass is 9.94. The van der Waals surface area contributed by atoms with Crippen molar-refractivity contribution in [1.29, 1.82) is 0 Å². The van der Waals surface area contributed by atoms with E-state index in [2.05, 4.69) is 231 Å². The van der Waals surface area contributed by atoms with Gasteiger partial charge in [-0.25, -0.2) is 9.89 Å². The van der Waals surface area contributed by atoms with Crippen LogP contribution in [0.5, 0.6) is 0 Å². The first-order valence-electron chi connectivity index (χ1n) is 46.1. The first-order valence-corrected chi connectivity index (χ1v) is 46.1. The molecule has 41 nitrogen and oxygen atoms in total. The minimum atomic E-state index is -1.02. The van der Waals surface area contributed by atoms with E-state index in [4.69, 9.17) is 51.1 Å². The summed E-state index contributed by atoms with van der Waals surface area (Å²) in [5.74, 6) is -3.48. The molecular formula is C89H191N23O18. The molecule has 7 heterocycles. The number of rotatable bonds is 41. The zero-order valence-corrected chi connectivity index (χ0v) is 84.7. The van der Waals surface area contributed by atoms with Crippen LogP contribution in [0.3, 0.4) is 0 Å². The number of aromatic nitrogens is 9. The SMILES string of the molecule is C.CC(C)N1CC(O)C1.CC(C)N1CCC1.CC(C)N1CCCCC1C(=O)O.CC(C)NCC(C)(C)C(=O)O.CC(C)NCC(C)(C)O.CC(C)NCC(O)CC(=O)O.CC(C)NCC(O)CC(=O)O.CC(C)NCC1CCC(=O)N1.CC(C)NCCO.CC(C)NCCn1nn[nH]c1=O.CC(C)NCc1ccc[nH]1.CC(C)NCc1nn[nH]n1.CC(C)N[C@@H](CO)C(=O)O. The van der Waals surface area contributed by atoms with E-state index in [-0.39, 0.29) is 75.4 Å². The molecule has 5 atom stereocenters. The van der Waals surface area contributed by atoms with Crippen molar-refractivity contribution in [1.82, 2.24) is 119 Å². The Morgan fingerprint density at radius 3 is 1.32 bits per heavy atom. The summed E-state index contributed by atoms with van der Waals surface area (Å²) in [6.45, 7) is 71.8. The Balaban J connectivity index is -0.000000253. The Labute approximate surface area is 780 Å². The molecule has 0 aliphatic carbocycles. The van der Waals surface area contributed by atoms with Gasteiger partial charge in [0, 0.05) is 168 Å². The van der Waals surface area contributed by atoms with Gasteiger partial charge in [-0.2, -0.15) is 9.90 Å². The van der Waals surface area contributed by atoms with E-state index in [1.807, 2.05) is 81.5 Å². The number of carboxylic acid groups (broad SMARTS) is 5. The van der Waals surface area contributed by atoms with E-state index >= 15 is 0 Å². The highest BCUT2D eigenvalue weighted by Gasteiger charge is 2.31. The molecule has 41 heteroatoms. The van der Waals surface area contributed by atoms with Crippen LogP contribution >= 0.6 is 0 Å². The maximum absolute atomic E-state index is 10.8. The van der Waals surface area contributed by atoms with E-state index in [0.717, 1.165) is 71.0 Å². The second-order valence-electron chi connectivity index (χ2n) is 37.1. The fourth-order valence-corrected chi connectivity index (χ4v) is 10.2. The van der Waals surface area contributed by atoms with Crippen molar-refractivity contribution in [3.8, 4) is 0 Å². The molecule has 4 unspecified atom stereocenters. The van der Waals surface area contributed by atoms with E-state index in [1.165, 1.54) is 29.9 Å². The number of nitrogens with one attached hydrogen (secondary N) is 14. The van der Waals surface area contributed by atoms with Crippen molar-refractivity contribution in [2.75, 3.05) is 91.8 Å². The van der Waals surface area contributed by atoms with E-state index in [1.54, 1.807) is 27.7 Å². The number of aliphatic hydroxyl groups excluding tert-OH is 5. The summed E-state index contributed by atoms with van der Waals surface area (Å²) in [6.07, 6.45) is 6.05. The van der Waals surface area contributed by atoms with Gasteiger partial charge in [0.05, 0.1) is 68.5 Å². The van der Waals surface area contributed by atoms with E-state index in [0.29, 0.717) is 118 Å². The van der Waals surface area contributed by atoms with Crippen molar-refractivity contribution in [3.63, 3.8) is 0 Å². The molecule has 0 radical (unpaired) electrons. The third-order valence-electron chi connectivity index (χ3n) is 17.9. The topological polar surface area (TPSA) is 601 Å². The molecule has 4 aliphatic rings. The number of carboxylic acids is 5. The fourth-order valence-electron chi connectivity index (χ4n) is 10.2. The normalized spacial score (nSPS) is 15.6. The second-order valence-corrected chi connectivity index (χ2v) is 37.1. The van der Waals surface area contributed by atoms with Gasteiger partial charge in [-0.1, -0.05) is 158 Å². The molecule has 0 bridgehead atoms. The summed E-state index contributed by atoms with van der Waals surface area (Å²) < 4.78 is 1.29. The van der Waals surface area contributed by atoms with Gasteiger partial charge < -0.3 is 125 Å². The quantitative estimate of drug-likeness (QED) is 0.0372. The number of carbonyl (C=O) groups is 6. The number of hydrogen-bond donors (Lipinski definition) is 25. The summed E-state index contributed by atoms with van der Waals surface area (Å²) in [5, 5.41) is 152. The number of aliphatic hydroxyl groups is 6. The Bertz CT molecular complexity index is 3090. The number of likely N-dealkylation sites (tertiary alicyclic amines) is 3. The molecule has 0 spiro atoms. The van der Waals surface area contributed by atoms with Crippen molar-refractivity contribution in [2.24, 2.45) is 5.41 Å². The summed E-state index contributed by atoms with van der Waals surface area (Å²) in [5.41, 5.74) is -0.261. The van der Waals surface area contributed by atoms with Crippen molar-refractivity contribution >= 4 is 35.8 Å². The van der Waals surface area contributed by atoms with Crippen LogP contribution < -0.4 is 64.2 Å². The molecule has 4 fully saturated rings. The highest BCUT2D eigenvalue weighted by Crippen LogP contribution is 2.20. The minimum absolute atomic E-state index is 0. The largest absolute Gasteiger partial charge is 0.481 e. The lowest BCUT2D eigenvalue weighted by Gasteiger charge is -2.38. The Hall–Kier alpha value is -6.72. The number of aliphatic carboxylic acids is 5. The van der Waals surface area contributed by atoms with Crippen LogP contribution in [0.4, 0.5) is 0 Å². The van der Waals surface area contributed by atoms with Gasteiger partial charge in [-0.05, 0) is 137 Å². The molecule has 0 aromatic carbocycles. The Morgan fingerprint density at radius 2 is 1.03 bits per heavy atom. The van der Waals surface area contributed by atoms with Crippen LogP contribution in [-0.2, 0) is 48.4 Å². The highest BCUT2D eigenvalue weighted by atomic mass is 16.4. The number of piperidine rings is 1. The summed E-state index contributed by atoms with van der Waals surface area (Å²) in [6, 6.07) is 9.00. The monoisotopic (exact) mass is 1870 g/mol. The fraction of sp³-hybridized carbons (Fsp3) is 0.865. The molecule has 130 heavy (non-hydrogen) atoms. The van der Waals surface area contributed by atoms with Crippen LogP contribution in [0.1, 0.15) is 278 Å². The molecule has 3 aromatic heterocycles. The lowest BCUT2D eigenvalue weighted by molar-refractivity contribution is -0.147. The van der Waals surface area contributed by atoms with Gasteiger partial charge in [0.15, 0.2) is 5.82 Å². The molecule has 4 aliphatic heterocycles. The number of tetrazole rings is 2. The minimum Gasteiger partial charge on any atom is -0.481 e. The second kappa shape index (κ2) is 81.8. The van der Waals surface area contributed by atoms with Gasteiger partial charge >= 0.3 is 35.5 Å². The van der Waals surface area contributed by atoms with Crippen molar-refractivity contribution in [2.45, 2.75) is 407 Å². The van der Waals surface area contributed by atoms with Crippen molar-refractivity contribution < 1.29 is 84.9 Å². The molecule has 7 rings (SSSR count). The average molecular weight is 1870 g/mol. The molecular weight excluding hydrogens is 1680 g/mol. The molecule has 25 N–H and O–H groups in total. The van der Waals surface area contributed by atoms with Crippen LogP contribution in [-0.4, -0.2) is 365 Å². The summed E-state index contributed by atoms with van der Waals surface area (Å²) in [4.78, 5) is 83.3. The van der Waals surface area contributed by atoms with Crippen molar-refractivity contribution in [3.05, 3.63) is 40.3 Å². The van der Waals surface area contributed by atoms with Crippen LogP contribution in [0.2, 0.25) is 0 Å². The molecule has 0 saturated carbocycles.